The van der Waals surface area contributed by atoms with Crippen molar-refractivity contribution in [3.63, 3.8) is 0 Å². The number of benzene rings is 2. The SMILES string of the molecule is CCOc1ccccc1OCCn1c(-c2cccs2)nc2ccccc21. The molecule has 0 spiro atoms. The minimum absolute atomic E-state index is 0.544. The fraction of sp³-hybridized carbons (Fsp3) is 0.190. The van der Waals surface area contributed by atoms with Gasteiger partial charge < -0.3 is 14.0 Å². The molecule has 2 aromatic heterocycles. The number of hydrogen-bond acceptors (Lipinski definition) is 4. The maximum Gasteiger partial charge on any atom is 0.161 e. The van der Waals surface area contributed by atoms with Crippen molar-refractivity contribution in [2.24, 2.45) is 0 Å². The number of para-hydroxylation sites is 4. The summed E-state index contributed by atoms with van der Waals surface area (Å²) in [6.07, 6.45) is 0. The molecule has 4 nitrogen and oxygen atoms in total. The fourth-order valence-electron chi connectivity index (χ4n) is 2.99. The first-order valence-electron chi connectivity index (χ1n) is 8.70. The van der Waals surface area contributed by atoms with Gasteiger partial charge in [-0.25, -0.2) is 4.98 Å². The molecule has 0 saturated carbocycles. The summed E-state index contributed by atoms with van der Waals surface area (Å²) in [4.78, 5) is 5.98. The van der Waals surface area contributed by atoms with Crippen molar-refractivity contribution in [3.05, 3.63) is 66.0 Å². The Labute approximate surface area is 156 Å². The molecular formula is C21H20N2O2S. The van der Waals surface area contributed by atoms with E-state index in [0.29, 0.717) is 19.8 Å². The minimum Gasteiger partial charge on any atom is -0.490 e. The van der Waals surface area contributed by atoms with Crippen LogP contribution in [0.25, 0.3) is 21.7 Å². The molecular weight excluding hydrogens is 344 g/mol. The first-order chi connectivity index (χ1) is 12.9. The van der Waals surface area contributed by atoms with Gasteiger partial charge in [0.25, 0.3) is 0 Å². The predicted molar refractivity (Wildman–Crippen MR) is 106 cm³/mol. The topological polar surface area (TPSA) is 36.3 Å². The molecule has 0 saturated heterocycles. The van der Waals surface area contributed by atoms with Crippen LogP contribution in [-0.2, 0) is 6.54 Å². The molecule has 132 valence electrons. The van der Waals surface area contributed by atoms with Crippen LogP contribution in [0, 0.1) is 0 Å². The number of fused-ring (bicyclic) bond motifs is 1. The third-order valence-electron chi connectivity index (χ3n) is 4.12. The van der Waals surface area contributed by atoms with Crippen molar-refractivity contribution in [2.75, 3.05) is 13.2 Å². The van der Waals surface area contributed by atoms with E-state index in [4.69, 9.17) is 14.5 Å². The molecule has 0 radical (unpaired) electrons. The van der Waals surface area contributed by atoms with Crippen LogP contribution in [0.15, 0.2) is 66.0 Å². The second kappa shape index (κ2) is 7.62. The molecule has 4 rings (SSSR count). The van der Waals surface area contributed by atoms with E-state index >= 15 is 0 Å². The quantitative estimate of drug-likeness (QED) is 0.450. The van der Waals surface area contributed by atoms with Gasteiger partial charge in [0.15, 0.2) is 17.3 Å². The lowest BCUT2D eigenvalue weighted by Crippen LogP contribution is -2.10. The Hall–Kier alpha value is -2.79. The number of rotatable bonds is 7. The molecule has 0 fully saturated rings. The smallest absolute Gasteiger partial charge is 0.161 e. The summed E-state index contributed by atoms with van der Waals surface area (Å²) in [6.45, 7) is 3.85. The van der Waals surface area contributed by atoms with Crippen LogP contribution in [0.2, 0.25) is 0 Å². The minimum atomic E-state index is 0.544. The van der Waals surface area contributed by atoms with E-state index in [9.17, 15) is 0 Å². The molecule has 2 heterocycles. The maximum atomic E-state index is 6.01. The zero-order valence-electron chi connectivity index (χ0n) is 14.6. The molecule has 26 heavy (non-hydrogen) atoms. The van der Waals surface area contributed by atoms with Crippen LogP contribution in [0.5, 0.6) is 11.5 Å². The lowest BCUT2D eigenvalue weighted by molar-refractivity contribution is 0.268. The van der Waals surface area contributed by atoms with Gasteiger partial charge in [0.05, 0.1) is 29.1 Å². The molecule has 0 aliphatic heterocycles. The standard InChI is InChI=1S/C21H20N2O2S/c1-2-24-18-10-5-6-11-19(18)25-14-13-23-17-9-4-3-8-16(17)22-21(23)20-12-7-15-26-20/h3-12,15H,2,13-14H2,1H3. The first kappa shape index (κ1) is 16.7. The number of ether oxygens (including phenoxy) is 2. The molecule has 0 amide bonds. The van der Waals surface area contributed by atoms with E-state index in [1.165, 1.54) is 0 Å². The summed E-state index contributed by atoms with van der Waals surface area (Å²) in [5.74, 6) is 2.54. The summed E-state index contributed by atoms with van der Waals surface area (Å²) in [5.41, 5.74) is 2.13. The summed E-state index contributed by atoms with van der Waals surface area (Å²) >= 11 is 1.70. The van der Waals surface area contributed by atoms with Crippen molar-refractivity contribution in [3.8, 4) is 22.2 Å². The van der Waals surface area contributed by atoms with Gasteiger partial charge in [0, 0.05) is 0 Å². The zero-order valence-corrected chi connectivity index (χ0v) is 15.4. The van der Waals surface area contributed by atoms with Gasteiger partial charge in [-0.15, -0.1) is 11.3 Å². The fourth-order valence-corrected chi connectivity index (χ4v) is 3.71. The molecule has 0 aliphatic carbocycles. The van der Waals surface area contributed by atoms with E-state index in [1.54, 1.807) is 11.3 Å². The first-order valence-corrected chi connectivity index (χ1v) is 9.58. The van der Waals surface area contributed by atoms with Crippen LogP contribution in [0.3, 0.4) is 0 Å². The van der Waals surface area contributed by atoms with Gasteiger partial charge in [-0.05, 0) is 42.6 Å². The van der Waals surface area contributed by atoms with E-state index in [1.807, 2.05) is 49.4 Å². The summed E-state index contributed by atoms with van der Waals surface area (Å²) in [7, 11) is 0. The van der Waals surface area contributed by atoms with Gasteiger partial charge >= 0.3 is 0 Å². The number of hydrogen-bond donors (Lipinski definition) is 0. The molecule has 0 N–H and O–H groups in total. The molecule has 5 heteroatoms. The lowest BCUT2D eigenvalue weighted by Gasteiger charge is -2.13. The molecule has 0 unspecified atom stereocenters. The number of imidazole rings is 1. The van der Waals surface area contributed by atoms with Gasteiger partial charge in [-0.1, -0.05) is 30.3 Å². The Morgan fingerprint density at radius 3 is 2.46 bits per heavy atom. The van der Waals surface area contributed by atoms with E-state index in [2.05, 4.69) is 28.1 Å². The van der Waals surface area contributed by atoms with Crippen molar-refractivity contribution < 1.29 is 9.47 Å². The average molecular weight is 364 g/mol. The number of thiophene rings is 1. The van der Waals surface area contributed by atoms with Gasteiger partial charge in [0.1, 0.15) is 6.61 Å². The number of nitrogens with zero attached hydrogens (tertiary/aromatic N) is 2. The highest BCUT2D eigenvalue weighted by Gasteiger charge is 2.13. The van der Waals surface area contributed by atoms with Crippen LogP contribution in [0.1, 0.15) is 6.92 Å². The maximum absolute atomic E-state index is 6.01. The van der Waals surface area contributed by atoms with Crippen molar-refractivity contribution in [1.82, 2.24) is 9.55 Å². The third-order valence-corrected chi connectivity index (χ3v) is 4.98. The van der Waals surface area contributed by atoms with E-state index in [-0.39, 0.29) is 0 Å². The largest absolute Gasteiger partial charge is 0.490 e. The highest BCUT2D eigenvalue weighted by molar-refractivity contribution is 7.13. The molecule has 4 aromatic rings. The molecule has 0 bridgehead atoms. The van der Waals surface area contributed by atoms with Crippen molar-refractivity contribution in [2.45, 2.75) is 13.5 Å². The second-order valence-electron chi connectivity index (χ2n) is 5.78. The van der Waals surface area contributed by atoms with Gasteiger partial charge in [0.2, 0.25) is 0 Å². The predicted octanol–water partition coefficient (Wildman–Crippen LogP) is 5.24. The normalized spacial score (nSPS) is 11.0. The molecule has 2 aromatic carbocycles. The van der Waals surface area contributed by atoms with E-state index in [0.717, 1.165) is 33.2 Å². The Kier molecular flexibility index (Phi) is 4.88. The summed E-state index contributed by atoms with van der Waals surface area (Å²) < 4.78 is 13.9. The Morgan fingerprint density at radius 2 is 1.69 bits per heavy atom. The van der Waals surface area contributed by atoms with Crippen molar-refractivity contribution >= 4 is 22.4 Å². The van der Waals surface area contributed by atoms with Gasteiger partial charge in [-0.2, -0.15) is 0 Å². The van der Waals surface area contributed by atoms with Gasteiger partial charge in [-0.3, -0.25) is 0 Å². The van der Waals surface area contributed by atoms with Crippen molar-refractivity contribution in [1.29, 1.82) is 0 Å². The summed E-state index contributed by atoms with van der Waals surface area (Å²) in [6, 6.07) is 20.2. The molecule has 0 atom stereocenters. The number of aromatic nitrogens is 2. The highest BCUT2D eigenvalue weighted by atomic mass is 32.1. The second-order valence-corrected chi connectivity index (χ2v) is 6.73. The Bertz CT molecular complexity index is 992. The monoisotopic (exact) mass is 364 g/mol. The molecule has 0 aliphatic rings. The Balaban J connectivity index is 1.59. The van der Waals surface area contributed by atoms with Crippen LogP contribution >= 0.6 is 11.3 Å². The highest BCUT2D eigenvalue weighted by Crippen LogP contribution is 2.29. The average Bonchev–Trinajstić information content (AvgIpc) is 3.31. The third kappa shape index (κ3) is 3.30. The van der Waals surface area contributed by atoms with Crippen LogP contribution < -0.4 is 9.47 Å². The Morgan fingerprint density at radius 1 is 0.923 bits per heavy atom. The van der Waals surface area contributed by atoms with Crippen LogP contribution in [-0.4, -0.2) is 22.8 Å². The lowest BCUT2D eigenvalue weighted by atomic mass is 10.3. The summed E-state index contributed by atoms with van der Waals surface area (Å²) in [5, 5.41) is 2.08. The zero-order chi connectivity index (χ0) is 17.8. The van der Waals surface area contributed by atoms with E-state index < -0.39 is 0 Å². The van der Waals surface area contributed by atoms with Crippen LogP contribution in [0.4, 0.5) is 0 Å².